The third-order valence-corrected chi connectivity index (χ3v) is 5.23. The average molecular weight is 281 g/mol. The Morgan fingerprint density at radius 2 is 2.05 bits per heavy atom. The number of likely N-dealkylation sites (tertiary alicyclic amines) is 1. The van der Waals surface area contributed by atoms with E-state index in [1.165, 1.54) is 25.7 Å². The summed E-state index contributed by atoms with van der Waals surface area (Å²) < 4.78 is 5.97. The Hall–Kier alpha value is -0.810. The molecule has 5 nitrogen and oxygen atoms in total. The molecule has 0 aromatic rings. The van der Waals surface area contributed by atoms with Gasteiger partial charge < -0.3 is 15.0 Å². The van der Waals surface area contributed by atoms with Gasteiger partial charge in [-0.3, -0.25) is 4.90 Å². The lowest BCUT2D eigenvalue weighted by Crippen LogP contribution is -2.40. The Morgan fingerprint density at radius 3 is 2.75 bits per heavy atom. The van der Waals surface area contributed by atoms with Crippen molar-refractivity contribution < 1.29 is 9.53 Å². The highest BCUT2D eigenvalue weighted by Crippen LogP contribution is 2.37. The minimum absolute atomic E-state index is 0.000837. The minimum Gasteiger partial charge on any atom is -0.376 e. The molecule has 0 unspecified atom stereocenters. The van der Waals surface area contributed by atoms with Gasteiger partial charge in [-0.15, -0.1) is 0 Å². The Kier molecular flexibility index (Phi) is 4.17. The standard InChI is InChI=1S/C15H27N3O2/c1-17(2)15(19)16-7-11-10-20-14-9-18(8-13(11)14)12-5-3-4-6-12/h11-14H,3-10H2,1-2H3,(H,16,19)/t11-,13+,14+/m1/s1. The third-order valence-electron chi connectivity index (χ3n) is 5.23. The van der Waals surface area contributed by atoms with Crippen LogP contribution in [0.2, 0.25) is 0 Å². The molecule has 114 valence electrons. The van der Waals surface area contributed by atoms with Gasteiger partial charge in [0.15, 0.2) is 0 Å². The maximum atomic E-state index is 11.6. The van der Waals surface area contributed by atoms with E-state index in [1.54, 1.807) is 19.0 Å². The molecule has 0 spiro atoms. The molecule has 3 aliphatic rings. The number of carbonyl (C=O) groups excluding carboxylic acids is 1. The number of urea groups is 1. The lowest BCUT2D eigenvalue weighted by molar-refractivity contribution is 0.0872. The molecule has 0 aromatic carbocycles. The van der Waals surface area contributed by atoms with E-state index < -0.39 is 0 Å². The second-order valence-corrected chi connectivity index (χ2v) is 6.77. The molecule has 1 saturated carbocycles. The Labute approximate surface area is 121 Å². The van der Waals surface area contributed by atoms with Crippen molar-refractivity contribution in [1.82, 2.24) is 15.1 Å². The molecule has 20 heavy (non-hydrogen) atoms. The Bertz CT molecular complexity index is 355. The van der Waals surface area contributed by atoms with Crippen LogP contribution in [0, 0.1) is 11.8 Å². The fourth-order valence-electron chi connectivity index (χ4n) is 3.98. The maximum absolute atomic E-state index is 11.6. The second-order valence-electron chi connectivity index (χ2n) is 6.77. The SMILES string of the molecule is CN(C)C(=O)NC[C@@H]1CO[C@H]2CN(C3CCCC3)C[C@@H]12. The van der Waals surface area contributed by atoms with Gasteiger partial charge in [0.25, 0.3) is 0 Å². The second kappa shape index (κ2) is 5.90. The zero-order chi connectivity index (χ0) is 14.1. The molecule has 3 fully saturated rings. The molecule has 0 radical (unpaired) electrons. The molecular formula is C15H27N3O2. The smallest absolute Gasteiger partial charge is 0.316 e. The quantitative estimate of drug-likeness (QED) is 0.844. The predicted molar refractivity (Wildman–Crippen MR) is 77.6 cm³/mol. The van der Waals surface area contributed by atoms with E-state index in [-0.39, 0.29) is 6.03 Å². The van der Waals surface area contributed by atoms with E-state index in [1.807, 2.05) is 0 Å². The van der Waals surface area contributed by atoms with Crippen molar-refractivity contribution in [3.8, 4) is 0 Å². The van der Waals surface area contributed by atoms with Crippen molar-refractivity contribution in [2.75, 3.05) is 40.3 Å². The summed E-state index contributed by atoms with van der Waals surface area (Å²) in [5, 5.41) is 3.01. The van der Waals surface area contributed by atoms with Gasteiger partial charge >= 0.3 is 6.03 Å². The summed E-state index contributed by atoms with van der Waals surface area (Å²) in [5.41, 5.74) is 0. The maximum Gasteiger partial charge on any atom is 0.316 e. The molecule has 3 rings (SSSR count). The number of nitrogens with zero attached hydrogens (tertiary/aromatic N) is 2. The van der Waals surface area contributed by atoms with Crippen LogP contribution in [0.25, 0.3) is 0 Å². The highest BCUT2D eigenvalue weighted by Gasteiger charge is 2.45. The molecule has 1 N–H and O–H groups in total. The van der Waals surface area contributed by atoms with Gasteiger partial charge in [0.1, 0.15) is 0 Å². The molecule has 5 heteroatoms. The van der Waals surface area contributed by atoms with E-state index in [9.17, 15) is 4.79 Å². The van der Waals surface area contributed by atoms with Gasteiger partial charge in [-0.2, -0.15) is 0 Å². The first-order valence-electron chi connectivity index (χ1n) is 7.96. The lowest BCUT2D eigenvalue weighted by Gasteiger charge is -2.25. The van der Waals surface area contributed by atoms with E-state index in [4.69, 9.17) is 4.74 Å². The summed E-state index contributed by atoms with van der Waals surface area (Å²) >= 11 is 0. The fraction of sp³-hybridized carbons (Fsp3) is 0.933. The Morgan fingerprint density at radius 1 is 1.30 bits per heavy atom. The number of ether oxygens (including phenoxy) is 1. The van der Waals surface area contributed by atoms with Crippen molar-refractivity contribution >= 4 is 6.03 Å². The number of rotatable bonds is 3. The number of carbonyl (C=O) groups is 1. The van der Waals surface area contributed by atoms with Crippen molar-refractivity contribution in [3.05, 3.63) is 0 Å². The summed E-state index contributed by atoms with van der Waals surface area (Å²) in [5.74, 6) is 1.09. The van der Waals surface area contributed by atoms with E-state index in [0.29, 0.717) is 17.9 Å². The largest absolute Gasteiger partial charge is 0.376 e. The molecule has 0 aromatic heterocycles. The summed E-state index contributed by atoms with van der Waals surface area (Å²) in [7, 11) is 3.56. The van der Waals surface area contributed by atoms with Crippen LogP contribution in [-0.2, 0) is 4.74 Å². The van der Waals surface area contributed by atoms with Crippen LogP contribution in [0.4, 0.5) is 4.79 Å². The van der Waals surface area contributed by atoms with E-state index >= 15 is 0 Å². The monoisotopic (exact) mass is 281 g/mol. The van der Waals surface area contributed by atoms with Gasteiger partial charge in [0, 0.05) is 51.6 Å². The summed E-state index contributed by atoms with van der Waals surface area (Å²) in [6.07, 6.45) is 5.90. The van der Waals surface area contributed by atoms with Crippen LogP contribution in [0.5, 0.6) is 0 Å². The number of fused-ring (bicyclic) bond motifs is 1. The first-order valence-corrected chi connectivity index (χ1v) is 7.96. The minimum atomic E-state index is -0.000837. The highest BCUT2D eigenvalue weighted by molar-refractivity contribution is 5.73. The topological polar surface area (TPSA) is 44.8 Å². The number of nitrogens with one attached hydrogen (secondary N) is 1. The lowest BCUT2D eigenvalue weighted by atomic mass is 9.93. The van der Waals surface area contributed by atoms with Crippen LogP contribution in [-0.4, -0.2) is 68.3 Å². The normalized spacial score (nSPS) is 34.4. The average Bonchev–Trinajstić information content (AvgIpc) is 3.11. The molecule has 2 amide bonds. The molecule has 2 aliphatic heterocycles. The van der Waals surface area contributed by atoms with Gasteiger partial charge in [0.2, 0.25) is 0 Å². The molecule has 0 bridgehead atoms. The molecule has 2 heterocycles. The first kappa shape index (κ1) is 14.1. The van der Waals surface area contributed by atoms with Gasteiger partial charge in [-0.25, -0.2) is 4.79 Å². The van der Waals surface area contributed by atoms with Crippen molar-refractivity contribution in [1.29, 1.82) is 0 Å². The molecule has 3 atom stereocenters. The molecule has 2 saturated heterocycles. The molecular weight excluding hydrogens is 254 g/mol. The van der Waals surface area contributed by atoms with E-state index in [0.717, 1.165) is 32.3 Å². The van der Waals surface area contributed by atoms with Crippen molar-refractivity contribution in [3.63, 3.8) is 0 Å². The van der Waals surface area contributed by atoms with Crippen molar-refractivity contribution in [2.45, 2.75) is 37.8 Å². The zero-order valence-electron chi connectivity index (χ0n) is 12.7. The number of hydrogen-bond acceptors (Lipinski definition) is 3. The Balaban J connectivity index is 1.50. The summed E-state index contributed by atoms with van der Waals surface area (Å²) in [6.45, 7) is 3.82. The van der Waals surface area contributed by atoms with Gasteiger partial charge in [-0.05, 0) is 12.8 Å². The highest BCUT2D eigenvalue weighted by atomic mass is 16.5. The zero-order valence-corrected chi connectivity index (χ0v) is 12.7. The fourth-order valence-corrected chi connectivity index (χ4v) is 3.98. The molecule has 1 aliphatic carbocycles. The van der Waals surface area contributed by atoms with Crippen molar-refractivity contribution in [2.24, 2.45) is 11.8 Å². The number of amides is 2. The van der Waals surface area contributed by atoms with Crippen LogP contribution < -0.4 is 5.32 Å². The van der Waals surface area contributed by atoms with Gasteiger partial charge in [0.05, 0.1) is 12.7 Å². The van der Waals surface area contributed by atoms with Crippen LogP contribution in [0.3, 0.4) is 0 Å². The first-order chi connectivity index (χ1) is 9.65. The summed E-state index contributed by atoms with van der Waals surface area (Å²) in [4.78, 5) is 15.9. The van der Waals surface area contributed by atoms with Crippen LogP contribution in [0.15, 0.2) is 0 Å². The summed E-state index contributed by atoms with van der Waals surface area (Å²) in [6, 6.07) is 0.792. The van der Waals surface area contributed by atoms with Crippen LogP contribution >= 0.6 is 0 Å². The predicted octanol–water partition coefficient (Wildman–Crippen LogP) is 1.15. The van der Waals surface area contributed by atoms with Crippen LogP contribution in [0.1, 0.15) is 25.7 Å². The van der Waals surface area contributed by atoms with E-state index in [2.05, 4.69) is 10.2 Å². The van der Waals surface area contributed by atoms with Gasteiger partial charge in [-0.1, -0.05) is 12.8 Å². The number of hydrogen-bond donors (Lipinski definition) is 1. The third kappa shape index (κ3) is 2.79.